The van der Waals surface area contributed by atoms with Crippen molar-refractivity contribution in [3.05, 3.63) is 0 Å². The molecule has 2 rings (SSSR count). The van der Waals surface area contributed by atoms with Crippen molar-refractivity contribution in [2.24, 2.45) is 11.8 Å². The molecule has 2 saturated carbocycles. The van der Waals surface area contributed by atoms with Gasteiger partial charge in [0.25, 0.3) is 0 Å². The first-order valence-electron chi connectivity index (χ1n) is 7.18. The van der Waals surface area contributed by atoms with E-state index >= 15 is 0 Å². The normalized spacial score (nSPS) is 31.1. The maximum Gasteiger partial charge on any atom is 0.306 e. The van der Waals surface area contributed by atoms with E-state index in [4.69, 9.17) is 5.11 Å². The predicted octanol–water partition coefficient (Wildman–Crippen LogP) is 2.80. The number of carbonyl (C=O) groups is 1. The van der Waals surface area contributed by atoms with Gasteiger partial charge in [0.2, 0.25) is 0 Å². The molecule has 3 unspecified atom stereocenters. The van der Waals surface area contributed by atoms with Crippen molar-refractivity contribution in [1.29, 1.82) is 0 Å². The molecule has 0 spiro atoms. The summed E-state index contributed by atoms with van der Waals surface area (Å²) in [5, 5.41) is 12.8. The number of rotatable bonds is 6. The van der Waals surface area contributed by atoms with Crippen molar-refractivity contribution >= 4 is 5.97 Å². The summed E-state index contributed by atoms with van der Waals surface area (Å²) in [6.45, 7) is 2.23. The Kier molecular flexibility index (Phi) is 4.43. The maximum absolute atomic E-state index is 11.0. The second-order valence-corrected chi connectivity index (χ2v) is 5.85. The van der Waals surface area contributed by atoms with Gasteiger partial charge in [-0.1, -0.05) is 26.2 Å². The molecule has 2 fully saturated rings. The molecule has 0 heterocycles. The van der Waals surface area contributed by atoms with Gasteiger partial charge in [-0.2, -0.15) is 0 Å². The zero-order chi connectivity index (χ0) is 12.3. The molecule has 3 nitrogen and oxygen atoms in total. The first-order valence-corrected chi connectivity index (χ1v) is 7.18. The molecule has 0 aliphatic heterocycles. The standard InChI is InChI=1S/C14H25NO2/c1-2-12(8-10-6-7-10)15-13-5-3-4-11(9-13)14(16)17/h10-13,15H,2-9H2,1H3,(H,16,17). The van der Waals surface area contributed by atoms with E-state index in [1.807, 2.05) is 0 Å². The lowest BCUT2D eigenvalue weighted by molar-refractivity contribution is -0.143. The molecule has 0 aromatic carbocycles. The lowest BCUT2D eigenvalue weighted by Crippen LogP contribution is -2.42. The fourth-order valence-corrected chi connectivity index (χ4v) is 3.01. The van der Waals surface area contributed by atoms with E-state index in [0.29, 0.717) is 12.1 Å². The van der Waals surface area contributed by atoms with Crippen LogP contribution in [0.15, 0.2) is 0 Å². The highest BCUT2D eigenvalue weighted by atomic mass is 16.4. The van der Waals surface area contributed by atoms with E-state index in [-0.39, 0.29) is 5.92 Å². The zero-order valence-corrected chi connectivity index (χ0v) is 10.8. The number of hydrogen-bond acceptors (Lipinski definition) is 2. The van der Waals surface area contributed by atoms with Crippen LogP contribution >= 0.6 is 0 Å². The quantitative estimate of drug-likeness (QED) is 0.749. The Hall–Kier alpha value is -0.570. The maximum atomic E-state index is 11.0. The Morgan fingerprint density at radius 3 is 2.71 bits per heavy atom. The molecule has 2 aliphatic carbocycles. The molecular formula is C14H25NO2. The first-order chi connectivity index (χ1) is 8.19. The average Bonchev–Trinajstić information content (AvgIpc) is 3.12. The lowest BCUT2D eigenvalue weighted by Gasteiger charge is -2.31. The summed E-state index contributed by atoms with van der Waals surface area (Å²) in [6, 6.07) is 1.05. The van der Waals surface area contributed by atoms with Crippen molar-refractivity contribution < 1.29 is 9.90 Å². The summed E-state index contributed by atoms with van der Waals surface area (Å²) in [6.07, 6.45) is 9.19. The minimum Gasteiger partial charge on any atom is -0.481 e. The van der Waals surface area contributed by atoms with Crippen molar-refractivity contribution in [2.45, 2.75) is 70.4 Å². The van der Waals surface area contributed by atoms with Crippen molar-refractivity contribution in [3.8, 4) is 0 Å². The SMILES string of the molecule is CCC(CC1CC1)NC1CCCC(C(=O)O)C1. The van der Waals surface area contributed by atoms with Crippen LogP contribution in [0.1, 0.15) is 58.3 Å². The van der Waals surface area contributed by atoms with Gasteiger partial charge in [0.15, 0.2) is 0 Å². The van der Waals surface area contributed by atoms with Crippen LogP contribution in [-0.2, 0) is 4.79 Å². The van der Waals surface area contributed by atoms with Crippen LogP contribution in [0.4, 0.5) is 0 Å². The van der Waals surface area contributed by atoms with Crippen molar-refractivity contribution in [2.75, 3.05) is 0 Å². The lowest BCUT2D eigenvalue weighted by atomic mass is 9.85. The van der Waals surface area contributed by atoms with Crippen LogP contribution in [0, 0.1) is 11.8 Å². The van der Waals surface area contributed by atoms with Crippen molar-refractivity contribution in [1.82, 2.24) is 5.32 Å². The average molecular weight is 239 g/mol. The first kappa shape index (κ1) is 12.9. The second kappa shape index (κ2) is 5.85. The molecule has 17 heavy (non-hydrogen) atoms. The summed E-state index contributed by atoms with van der Waals surface area (Å²) >= 11 is 0. The zero-order valence-electron chi connectivity index (χ0n) is 10.8. The van der Waals surface area contributed by atoms with Gasteiger partial charge < -0.3 is 10.4 Å². The monoisotopic (exact) mass is 239 g/mol. The highest BCUT2D eigenvalue weighted by Crippen LogP contribution is 2.34. The van der Waals surface area contributed by atoms with Gasteiger partial charge in [-0.3, -0.25) is 4.79 Å². The number of nitrogens with one attached hydrogen (secondary N) is 1. The summed E-state index contributed by atoms with van der Waals surface area (Å²) < 4.78 is 0. The van der Waals surface area contributed by atoms with Gasteiger partial charge >= 0.3 is 5.97 Å². The Balaban J connectivity index is 1.77. The van der Waals surface area contributed by atoms with Crippen LogP contribution < -0.4 is 5.32 Å². The van der Waals surface area contributed by atoms with E-state index < -0.39 is 5.97 Å². The molecule has 0 radical (unpaired) electrons. The minimum atomic E-state index is -0.605. The molecule has 98 valence electrons. The summed E-state index contributed by atoms with van der Waals surface area (Å²) in [4.78, 5) is 11.0. The highest BCUT2D eigenvalue weighted by molar-refractivity contribution is 5.70. The number of hydrogen-bond donors (Lipinski definition) is 2. The van der Waals surface area contributed by atoms with Crippen LogP contribution in [0.25, 0.3) is 0 Å². The van der Waals surface area contributed by atoms with Crippen LogP contribution in [-0.4, -0.2) is 23.2 Å². The summed E-state index contributed by atoms with van der Waals surface area (Å²) in [7, 11) is 0. The van der Waals surface area contributed by atoms with Gasteiger partial charge in [0.05, 0.1) is 5.92 Å². The van der Waals surface area contributed by atoms with Crippen LogP contribution in [0.3, 0.4) is 0 Å². The second-order valence-electron chi connectivity index (χ2n) is 5.85. The topological polar surface area (TPSA) is 49.3 Å². The largest absolute Gasteiger partial charge is 0.481 e. The van der Waals surface area contributed by atoms with E-state index in [9.17, 15) is 4.79 Å². The molecule has 2 aliphatic rings. The number of carboxylic acids is 1. The molecule has 0 saturated heterocycles. The summed E-state index contributed by atoms with van der Waals surface area (Å²) in [5.41, 5.74) is 0. The Labute approximate surface area is 104 Å². The Bertz CT molecular complexity index is 263. The molecule has 3 atom stereocenters. The number of aliphatic carboxylic acids is 1. The smallest absolute Gasteiger partial charge is 0.306 e. The Morgan fingerprint density at radius 2 is 2.12 bits per heavy atom. The summed E-state index contributed by atoms with van der Waals surface area (Å²) in [5.74, 6) is 0.234. The van der Waals surface area contributed by atoms with Gasteiger partial charge in [-0.15, -0.1) is 0 Å². The van der Waals surface area contributed by atoms with E-state index in [2.05, 4.69) is 12.2 Å². The Morgan fingerprint density at radius 1 is 1.35 bits per heavy atom. The van der Waals surface area contributed by atoms with E-state index in [0.717, 1.165) is 31.6 Å². The minimum absolute atomic E-state index is 0.111. The molecule has 0 bridgehead atoms. The van der Waals surface area contributed by atoms with Crippen LogP contribution in [0.5, 0.6) is 0 Å². The third-order valence-electron chi connectivity index (χ3n) is 4.30. The fourth-order valence-electron chi connectivity index (χ4n) is 3.01. The van der Waals surface area contributed by atoms with Gasteiger partial charge in [-0.25, -0.2) is 0 Å². The molecule has 0 aromatic rings. The number of carboxylic acid groups (broad SMARTS) is 1. The van der Waals surface area contributed by atoms with Crippen molar-refractivity contribution in [3.63, 3.8) is 0 Å². The third kappa shape index (κ3) is 3.98. The highest BCUT2D eigenvalue weighted by Gasteiger charge is 2.30. The molecule has 0 aromatic heterocycles. The molecule has 2 N–H and O–H groups in total. The van der Waals surface area contributed by atoms with E-state index in [1.165, 1.54) is 25.7 Å². The third-order valence-corrected chi connectivity index (χ3v) is 4.30. The van der Waals surface area contributed by atoms with Gasteiger partial charge in [0, 0.05) is 12.1 Å². The predicted molar refractivity (Wildman–Crippen MR) is 67.9 cm³/mol. The van der Waals surface area contributed by atoms with Gasteiger partial charge in [0.1, 0.15) is 0 Å². The molecular weight excluding hydrogens is 214 g/mol. The van der Waals surface area contributed by atoms with Crippen LogP contribution in [0.2, 0.25) is 0 Å². The molecule has 3 heteroatoms. The van der Waals surface area contributed by atoms with Gasteiger partial charge in [-0.05, 0) is 38.0 Å². The van der Waals surface area contributed by atoms with E-state index in [1.54, 1.807) is 0 Å². The molecule has 0 amide bonds. The fraction of sp³-hybridized carbons (Fsp3) is 0.929.